The average Bonchev–Trinajstić information content (AvgIpc) is 2.78. The number of benzene rings is 1. The van der Waals surface area contributed by atoms with E-state index >= 15 is 0 Å². The lowest BCUT2D eigenvalue weighted by Crippen LogP contribution is -2.07. The van der Waals surface area contributed by atoms with Gasteiger partial charge in [-0.15, -0.1) is 11.6 Å². The van der Waals surface area contributed by atoms with Crippen LogP contribution in [0.4, 0.5) is 0 Å². The Balaban J connectivity index is 2.40. The zero-order valence-electron chi connectivity index (χ0n) is 11.3. The molecule has 0 bridgehead atoms. The van der Waals surface area contributed by atoms with Crippen LogP contribution >= 0.6 is 27.5 Å². The van der Waals surface area contributed by atoms with Crippen LogP contribution in [0.1, 0.15) is 36.4 Å². The molecule has 1 aromatic heterocycles. The molecular formula is C15H18BrClN2. The number of aryl methyl sites for hydroxylation is 1. The Morgan fingerprint density at radius 3 is 2.53 bits per heavy atom. The SMILES string of the molecule is CCc1nn(Cc2ccccc2Br)c(CC)c1CCl. The van der Waals surface area contributed by atoms with Crippen molar-refractivity contribution in [3.8, 4) is 0 Å². The fraction of sp³-hybridized carbons (Fsp3) is 0.400. The van der Waals surface area contributed by atoms with Crippen molar-refractivity contribution in [2.45, 2.75) is 39.1 Å². The van der Waals surface area contributed by atoms with E-state index in [2.05, 4.69) is 52.7 Å². The van der Waals surface area contributed by atoms with Gasteiger partial charge in [-0.3, -0.25) is 4.68 Å². The van der Waals surface area contributed by atoms with Crippen LogP contribution in [0.3, 0.4) is 0 Å². The smallest absolute Gasteiger partial charge is 0.0673 e. The number of halogens is 2. The van der Waals surface area contributed by atoms with Gasteiger partial charge in [0, 0.05) is 15.7 Å². The number of nitrogens with zero attached hydrogens (tertiary/aromatic N) is 2. The molecule has 102 valence electrons. The lowest BCUT2D eigenvalue weighted by atomic mass is 10.1. The normalized spacial score (nSPS) is 10.9. The maximum absolute atomic E-state index is 6.08. The van der Waals surface area contributed by atoms with Crippen LogP contribution in [-0.4, -0.2) is 9.78 Å². The Morgan fingerprint density at radius 2 is 1.95 bits per heavy atom. The summed E-state index contributed by atoms with van der Waals surface area (Å²) in [6.07, 6.45) is 1.89. The van der Waals surface area contributed by atoms with Crippen LogP contribution < -0.4 is 0 Å². The standard InChI is InChI=1S/C15H18BrClN2/c1-3-14-12(9-17)15(4-2)19(18-14)10-11-7-5-6-8-13(11)16/h5-8H,3-4,9-10H2,1-2H3. The van der Waals surface area contributed by atoms with E-state index in [1.807, 2.05) is 6.07 Å². The lowest BCUT2D eigenvalue weighted by molar-refractivity contribution is 0.638. The Morgan fingerprint density at radius 1 is 1.21 bits per heavy atom. The van der Waals surface area contributed by atoms with Gasteiger partial charge < -0.3 is 0 Å². The number of rotatable bonds is 5. The second-order valence-electron chi connectivity index (χ2n) is 4.46. The first-order valence-electron chi connectivity index (χ1n) is 6.58. The van der Waals surface area contributed by atoms with E-state index < -0.39 is 0 Å². The first-order chi connectivity index (χ1) is 9.21. The molecule has 0 aliphatic carbocycles. The summed E-state index contributed by atoms with van der Waals surface area (Å²) in [5.41, 5.74) is 4.82. The third-order valence-electron chi connectivity index (χ3n) is 3.33. The summed E-state index contributed by atoms with van der Waals surface area (Å²) in [5, 5.41) is 4.72. The number of hydrogen-bond acceptors (Lipinski definition) is 1. The number of hydrogen-bond donors (Lipinski definition) is 0. The summed E-state index contributed by atoms with van der Waals surface area (Å²) in [4.78, 5) is 0. The van der Waals surface area contributed by atoms with Crippen LogP contribution in [-0.2, 0) is 25.3 Å². The molecule has 1 aromatic carbocycles. The maximum atomic E-state index is 6.08. The molecule has 0 spiro atoms. The van der Waals surface area contributed by atoms with Gasteiger partial charge in [0.15, 0.2) is 0 Å². The van der Waals surface area contributed by atoms with Gasteiger partial charge in [-0.2, -0.15) is 5.10 Å². The molecule has 2 rings (SSSR count). The van der Waals surface area contributed by atoms with Gasteiger partial charge in [0.2, 0.25) is 0 Å². The molecule has 0 aliphatic rings. The summed E-state index contributed by atoms with van der Waals surface area (Å²) < 4.78 is 3.22. The first-order valence-corrected chi connectivity index (χ1v) is 7.90. The Bertz CT molecular complexity index is 563. The molecule has 0 aliphatic heterocycles. The minimum absolute atomic E-state index is 0.544. The molecule has 0 radical (unpaired) electrons. The number of aromatic nitrogens is 2. The molecule has 0 N–H and O–H groups in total. The molecule has 0 fully saturated rings. The maximum Gasteiger partial charge on any atom is 0.0673 e. The minimum Gasteiger partial charge on any atom is -0.265 e. The van der Waals surface area contributed by atoms with Gasteiger partial charge in [0.05, 0.1) is 18.1 Å². The van der Waals surface area contributed by atoms with Crippen molar-refractivity contribution >= 4 is 27.5 Å². The van der Waals surface area contributed by atoms with E-state index in [-0.39, 0.29) is 0 Å². The van der Waals surface area contributed by atoms with Gasteiger partial charge in [-0.25, -0.2) is 0 Å². The predicted octanol–water partition coefficient (Wildman–Crippen LogP) is 4.56. The third-order valence-corrected chi connectivity index (χ3v) is 4.37. The van der Waals surface area contributed by atoms with Gasteiger partial charge >= 0.3 is 0 Å². The highest BCUT2D eigenvalue weighted by atomic mass is 79.9. The minimum atomic E-state index is 0.544. The summed E-state index contributed by atoms with van der Waals surface area (Å²) in [6, 6.07) is 8.27. The zero-order valence-corrected chi connectivity index (χ0v) is 13.6. The Labute approximate surface area is 127 Å². The van der Waals surface area contributed by atoms with Gasteiger partial charge in [0.25, 0.3) is 0 Å². The lowest BCUT2D eigenvalue weighted by Gasteiger charge is -2.08. The number of alkyl halides is 1. The molecule has 2 aromatic rings. The fourth-order valence-corrected chi connectivity index (χ4v) is 3.06. The van der Waals surface area contributed by atoms with Crippen molar-refractivity contribution in [2.75, 3.05) is 0 Å². The highest BCUT2D eigenvalue weighted by molar-refractivity contribution is 9.10. The van der Waals surface area contributed by atoms with Crippen molar-refractivity contribution in [3.63, 3.8) is 0 Å². The first kappa shape index (κ1) is 14.6. The van der Waals surface area contributed by atoms with Gasteiger partial charge in [-0.05, 0) is 24.5 Å². The third kappa shape index (κ3) is 3.03. The summed E-state index contributed by atoms with van der Waals surface area (Å²) in [7, 11) is 0. The summed E-state index contributed by atoms with van der Waals surface area (Å²) >= 11 is 9.67. The van der Waals surface area contributed by atoms with Crippen LogP contribution in [0.2, 0.25) is 0 Å². The van der Waals surface area contributed by atoms with Crippen molar-refractivity contribution in [1.29, 1.82) is 0 Å². The molecule has 0 saturated carbocycles. The van der Waals surface area contributed by atoms with Crippen LogP contribution in [0.5, 0.6) is 0 Å². The molecule has 19 heavy (non-hydrogen) atoms. The van der Waals surface area contributed by atoms with Crippen molar-refractivity contribution < 1.29 is 0 Å². The monoisotopic (exact) mass is 340 g/mol. The Kier molecular flexibility index (Phi) is 5.06. The van der Waals surface area contributed by atoms with E-state index in [0.29, 0.717) is 5.88 Å². The van der Waals surface area contributed by atoms with Crippen LogP contribution in [0.25, 0.3) is 0 Å². The van der Waals surface area contributed by atoms with Crippen LogP contribution in [0.15, 0.2) is 28.7 Å². The quantitative estimate of drug-likeness (QED) is 0.729. The van der Waals surface area contributed by atoms with Crippen molar-refractivity contribution in [2.24, 2.45) is 0 Å². The second kappa shape index (κ2) is 6.58. The molecule has 0 unspecified atom stereocenters. The molecule has 2 nitrogen and oxygen atoms in total. The van der Waals surface area contributed by atoms with Gasteiger partial charge in [-0.1, -0.05) is 48.0 Å². The molecule has 0 atom stereocenters. The van der Waals surface area contributed by atoms with E-state index in [4.69, 9.17) is 16.7 Å². The largest absolute Gasteiger partial charge is 0.265 e. The van der Waals surface area contributed by atoms with Gasteiger partial charge in [0.1, 0.15) is 0 Å². The topological polar surface area (TPSA) is 17.8 Å². The predicted molar refractivity (Wildman–Crippen MR) is 83.8 cm³/mol. The van der Waals surface area contributed by atoms with E-state index in [9.17, 15) is 0 Å². The van der Waals surface area contributed by atoms with E-state index in [1.54, 1.807) is 0 Å². The summed E-state index contributed by atoms with van der Waals surface area (Å²) in [6.45, 7) is 5.07. The molecular weight excluding hydrogens is 324 g/mol. The zero-order chi connectivity index (χ0) is 13.8. The van der Waals surface area contributed by atoms with E-state index in [1.165, 1.54) is 16.8 Å². The molecule has 4 heteroatoms. The van der Waals surface area contributed by atoms with Crippen molar-refractivity contribution in [3.05, 3.63) is 51.3 Å². The fourth-order valence-electron chi connectivity index (χ4n) is 2.34. The highest BCUT2D eigenvalue weighted by Gasteiger charge is 2.15. The van der Waals surface area contributed by atoms with E-state index in [0.717, 1.165) is 29.6 Å². The molecule has 1 heterocycles. The second-order valence-corrected chi connectivity index (χ2v) is 5.58. The van der Waals surface area contributed by atoms with Crippen molar-refractivity contribution in [1.82, 2.24) is 9.78 Å². The Hall–Kier alpha value is -0.800. The summed E-state index contributed by atoms with van der Waals surface area (Å²) in [5.74, 6) is 0.544. The highest BCUT2D eigenvalue weighted by Crippen LogP contribution is 2.22. The average molecular weight is 342 g/mol. The molecule has 0 saturated heterocycles. The van der Waals surface area contributed by atoms with Crippen LogP contribution in [0, 0.1) is 0 Å². The molecule has 0 amide bonds.